The SMILES string of the molecule is CN(C(=O)Cc1c[nH]c2ncccc12)C1CCNC1. The number of carbonyl (C=O) groups is 1. The summed E-state index contributed by atoms with van der Waals surface area (Å²) in [4.78, 5) is 21.5. The third-order valence-electron chi connectivity index (χ3n) is 3.85. The van der Waals surface area contributed by atoms with Crippen LogP contribution in [0.2, 0.25) is 0 Å². The van der Waals surface area contributed by atoms with Gasteiger partial charge in [-0.05, 0) is 30.7 Å². The number of rotatable bonds is 3. The molecule has 0 bridgehead atoms. The number of nitrogens with zero attached hydrogens (tertiary/aromatic N) is 2. The van der Waals surface area contributed by atoms with E-state index in [1.807, 2.05) is 30.3 Å². The van der Waals surface area contributed by atoms with Crippen molar-refractivity contribution < 1.29 is 4.79 Å². The van der Waals surface area contributed by atoms with Gasteiger partial charge in [-0.15, -0.1) is 0 Å². The minimum Gasteiger partial charge on any atom is -0.346 e. The number of hydrogen-bond donors (Lipinski definition) is 2. The van der Waals surface area contributed by atoms with Gasteiger partial charge in [-0.2, -0.15) is 0 Å². The molecule has 0 aromatic carbocycles. The van der Waals surface area contributed by atoms with Crippen LogP contribution < -0.4 is 5.32 Å². The molecule has 1 saturated heterocycles. The molecule has 1 aliphatic heterocycles. The first-order chi connectivity index (χ1) is 9.25. The minimum atomic E-state index is 0.165. The number of fused-ring (bicyclic) bond motifs is 1. The minimum absolute atomic E-state index is 0.165. The lowest BCUT2D eigenvalue weighted by Crippen LogP contribution is -2.39. The Kier molecular flexibility index (Phi) is 3.21. The second-order valence-corrected chi connectivity index (χ2v) is 5.04. The van der Waals surface area contributed by atoms with Gasteiger partial charge in [0.05, 0.1) is 6.42 Å². The van der Waals surface area contributed by atoms with Crippen molar-refractivity contribution in [3.8, 4) is 0 Å². The largest absolute Gasteiger partial charge is 0.346 e. The van der Waals surface area contributed by atoms with E-state index >= 15 is 0 Å². The summed E-state index contributed by atoms with van der Waals surface area (Å²) < 4.78 is 0. The Morgan fingerprint density at radius 3 is 3.26 bits per heavy atom. The van der Waals surface area contributed by atoms with Crippen molar-refractivity contribution in [1.29, 1.82) is 0 Å². The molecule has 1 atom stereocenters. The maximum atomic E-state index is 12.3. The smallest absolute Gasteiger partial charge is 0.227 e. The van der Waals surface area contributed by atoms with Crippen LogP contribution in [-0.4, -0.2) is 47.0 Å². The third-order valence-corrected chi connectivity index (χ3v) is 3.85. The number of amides is 1. The fourth-order valence-electron chi connectivity index (χ4n) is 2.62. The molecule has 5 nitrogen and oxygen atoms in total. The van der Waals surface area contributed by atoms with Crippen molar-refractivity contribution in [3.05, 3.63) is 30.1 Å². The summed E-state index contributed by atoms with van der Waals surface area (Å²) in [6.45, 7) is 1.90. The van der Waals surface area contributed by atoms with E-state index in [4.69, 9.17) is 0 Å². The van der Waals surface area contributed by atoms with Crippen LogP contribution in [0.4, 0.5) is 0 Å². The number of aromatic amines is 1. The van der Waals surface area contributed by atoms with Gasteiger partial charge in [0.15, 0.2) is 0 Å². The lowest BCUT2D eigenvalue weighted by atomic mass is 10.1. The van der Waals surface area contributed by atoms with Crippen LogP contribution >= 0.6 is 0 Å². The number of pyridine rings is 1. The molecule has 2 N–H and O–H groups in total. The number of nitrogens with one attached hydrogen (secondary N) is 2. The molecule has 0 saturated carbocycles. The number of likely N-dealkylation sites (N-methyl/N-ethyl adjacent to an activating group) is 1. The molecule has 1 unspecified atom stereocenters. The molecule has 0 radical (unpaired) electrons. The number of hydrogen-bond acceptors (Lipinski definition) is 3. The normalized spacial score (nSPS) is 18.9. The van der Waals surface area contributed by atoms with Gasteiger partial charge in [0.25, 0.3) is 0 Å². The van der Waals surface area contributed by atoms with Crippen molar-refractivity contribution >= 4 is 16.9 Å². The van der Waals surface area contributed by atoms with E-state index in [0.29, 0.717) is 12.5 Å². The Bertz CT molecular complexity index is 586. The average molecular weight is 258 g/mol. The van der Waals surface area contributed by atoms with Gasteiger partial charge in [0.1, 0.15) is 5.65 Å². The van der Waals surface area contributed by atoms with E-state index in [2.05, 4.69) is 15.3 Å². The summed E-state index contributed by atoms with van der Waals surface area (Å²) in [5.41, 5.74) is 1.86. The molecule has 0 aliphatic carbocycles. The highest BCUT2D eigenvalue weighted by atomic mass is 16.2. The molecule has 2 aromatic heterocycles. The zero-order chi connectivity index (χ0) is 13.2. The van der Waals surface area contributed by atoms with Gasteiger partial charge in [-0.1, -0.05) is 0 Å². The molecule has 1 amide bonds. The first kappa shape index (κ1) is 12.2. The summed E-state index contributed by atoms with van der Waals surface area (Å²) in [7, 11) is 1.90. The average Bonchev–Trinajstić information content (AvgIpc) is 3.08. The number of carbonyl (C=O) groups excluding carboxylic acids is 1. The Labute approximate surface area is 112 Å². The molecule has 1 fully saturated rings. The predicted molar refractivity (Wildman–Crippen MR) is 73.8 cm³/mol. The molecule has 19 heavy (non-hydrogen) atoms. The molecule has 0 spiro atoms. The monoisotopic (exact) mass is 258 g/mol. The van der Waals surface area contributed by atoms with Crippen molar-refractivity contribution in [2.24, 2.45) is 0 Å². The molecule has 3 heterocycles. The van der Waals surface area contributed by atoms with Gasteiger partial charge in [-0.3, -0.25) is 4.79 Å². The quantitative estimate of drug-likeness (QED) is 0.861. The molecule has 5 heteroatoms. The van der Waals surface area contributed by atoms with Crippen LogP contribution in [0.1, 0.15) is 12.0 Å². The zero-order valence-corrected chi connectivity index (χ0v) is 11.0. The molecular weight excluding hydrogens is 240 g/mol. The predicted octanol–water partition coefficient (Wildman–Crippen LogP) is 0.926. The summed E-state index contributed by atoms with van der Waals surface area (Å²) >= 11 is 0. The summed E-state index contributed by atoms with van der Waals surface area (Å²) in [6, 6.07) is 4.23. The van der Waals surface area contributed by atoms with Gasteiger partial charge >= 0.3 is 0 Å². The lowest BCUT2D eigenvalue weighted by molar-refractivity contribution is -0.130. The Morgan fingerprint density at radius 1 is 1.58 bits per heavy atom. The van der Waals surface area contributed by atoms with Gasteiger partial charge < -0.3 is 15.2 Å². The highest BCUT2D eigenvalue weighted by Crippen LogP contribution is 2.17. The molecule has 3 rings (SSSR count). The van der Waals surface area contributed by atoms with Crippen molar-refractivity contribution in [3.63, 3.8) is 0 Å². The second-order valence-electron chi connectivity index (χ2n) is 5.04. The maximum Gasteiger partial charge on any atom is 0.227 e. The topological polar surface area (TPSA) is 61.0 Å². The van der Waals surface area contributed by atoms with Crippen LogP contribution in [0.25, 0.3) is 11.0 Å². The molecule has 1 aliphatic rings. The summed E-state index contributed by atoms with van der Waals surface area (Å²) in [5, 5.41) is 4.32. The Balaban J connectivity index is 1.75. The van der Waals surface area contributed by atoms with E-state index in [1.54, 1.807) is 6.20 Å². The van der Waals surface area contributed by atoms with Crippen molar-refractivity contribution in [2.45, 2.75) is 18.9 Å². The van der Waals surface area contributed by atoms with Crippen LogP contribution in [0.15, 0.2) is 24.5 Å². The van der Waals surface area contributed by atoms with Crippen LogP contribution in [0.3, 0.4) is 0 Å². The van der Waals surface area contributed by atoms with Gasteiger partial charge in [0.2, 0.25) is 5.91 Å². The van der Waals surface area contributed by atoms with Crippen molar-refractivity contribution in [2.75, 3.05) is 20.1 Å². The molecule has 100 valence electrons. The molecule has 2 aromatic rings. The second kappa shape index (κ2) is 5.01. The summed E-state index contributed by atoms with van der Waals surface area (Å²) in [5.74, 6) is 0.165. The first-order valence-corrected chi connectivity index (χ1v) is 6.63. The maximum absolute atomic E-state index is 12.3. The third kappa shape index (κ3) is 2.33. The highest BCUT2D eigenvalue weighted by Gasteiger charge is 2.23. The van der Waals surface area contributed by atoms with Gasteiger partial charge in [-0.25, -0.2) is 4.98 Å². The zero-order valence-electron chi connectivity index (χ0n) is 11.0. The summed E-state index contributed by atoms with van der Waals surface area (Å²) in [6.07, 6.45) is 5.10. The highest BCUT2D eigenvalue weighted by molar-refractivity contribution is 5.87. The first-order valence-electron chi connectivity index (χ1n) is 6.63. The fourth-order valence-corrected chi connectivity index (χ4v) is 2.62. The number of H-pyrrole nitrogens is 1. The Morgan fingerprint density at radius 2 is 2.47 bits per heavy atom. The van der Waals surface area contributed by atoms with E-state index in [1.165, 1.54) is 0 Å². The van der Waals surface area contributed by atoms with Crippen molar-refractivity contribution in [1.82, 2.24) is 20.2 Å². The van der Waals surface area contributed by atoms with Gasteiger partial charge in [0, 0.05) is 37.4 Å². The number of aromatic nitrogens is 2. The van der Waals surface area contributed by atoms with E-state index in [0.717, 1.165) is 36.1 Å². The molecular formula is C14H18N4O. The van der Waals surface area contributed by atoms with E-state index in [-0.39, 0.29) is 5.91 Å². The standard InChI is InChI=1S/C14H18N4O/c1-18(11-4-6-15-9-11)13(19)7-10-8-17-14-12(10)3-2-5-16-14/h2-3,5,8,11,15H,4,6-7,9H2,1H3,(H,16,17). The van der Waals surface area contributed by atoms with Crippen LogP contribution in [0.5, 0.6) is 0 Å². The van der Waals surface area contributed by atoms with E-state index in [9.17, 15) is 4.79 Å². The van der Waals surface area contributed by atoms with E-state index < -0.39 is 0 Å². The fraction of sp³-hybridized carbons (Fsp3) is 0.429. The van der Waals surface area contributed by atoms with Crippen LogP contribution in [-0.2, 0) is 11.2 Å². The Hall–Kier alpha value is -1.88. The van der Waals surface area contributed by atoms with Crippen LogP contribution in [0, 0.1) is 0 Å². The lowest BCUT2D eigenvalue weighted by Gasteiger charge is -2.23.